The van der Waals surface area contributed by atoms with Gasteiger partial charge in [0.25, 0.3) is 0 Å². The molecule has 1 aliphatic carbocycles. The Kier molecular flexibility index (Phi) is 3.25. The molecule has 4 rings (SSSR count). The number of hydrogen-bond acceptors (Lipinski definition) is 5. The first-order valence-electron chi connectivity index (χ1n) is 8.16. The maximum absolute atomic E-state index is 4.59. The van der Waals surface area contributed by atoms with Gasteiger partial charge in [-0.15, -0.1) is 5.10 Å². The van der Waals surface area contributed by atoms with Crippen molar-refractivity contribution in [3.05, 3.63) is 22.8 Å². The van der Waals surface area contributed by atoms with E-state index in [4.69, 9.17) is 0 Å². The summed E-state index contributed by atoms with van der Waals surface area (Å²) in [6.07, 6.45) is 4.84. The zero-order chi connectivity index (χ0) is 15.3. The second-order valence-corrected chi connectivity index (χ2v) is 6.61. The van der Waals surface area contributed by atoms with Crippen LogP contribution in [0.15, 0.2) is 0 Å². The molecule has 0 aromatic carbocycles. The molecular weight excluding hydrogens is 278 g/mol. The van der Waals surface area contributed by atoms with Gasteiger partial charge in [0.05, 0.1) is 18.3 Å². The lowest BCUT2D eigenvalue weighted by Gasteiger charge is -2.24. The predicted molar refractivity (Wildman–Crippen MR) is 81.2 cm³/mol. The van der Waals surface area contributed by atoms with E-state index in [9.17, 15) is 0 Å². The fourth-order valence-corrected chi connectivity index (χ4v) is 3.72. The van der Waals surface area contributed by atoms with Crippen LogP contribution in [-0.4, -0.2) is 41.4 Å². The van der Waals surface area contributed by atoms with Crippen LogP contribution in [0.3, 0.4) is 0 Å². The van der Waals surface area contributed by atoms with Gasteiger partial charge in [-0.25, -0.2) is 4.68 Å². The molecule has 0 radical (unpaired) electrons. The van der Waals surface area contributed by atoms with Crippen molar-refractivity contribution in [3.63, 3.8) is 0 Å². The summed E-state index contributed by atoms with van der Waals surface area (Å²) in [6, 6.07) is 0.978. The summed E-state index contributed by atoms with van der Waals surface area (Å²) in [5.74, 6) is 1.01. The molecule has 1 saturated heterocycles. The Morgan fingerprint density at radius 1 is 1.18 bits per heavy atom. The minimum Gasteiger partial charge on any atom is -0.289 e. The molecule has 2 aliphatic rings. The molecule has 0 unspecified atom stereocenters. The number of likely N-dealkylation sites (tertiary alicyclic amines) is 1. The van der Waals surface area contributed by atoms with Crippen LogP contribution in [-0.2, 0) is 13.6 Å². The molecule has 1 aliphatic heterocycles. The first kappa shape index (κ1) is 13.9. The Bertz CT molecular complexity index is 682. The van der Waals surface area contributed by atoms with E-state index < -0.39 is 0 Å². The number of rotatable bonds is 4. The molecule has 3 heterocycles. The average molecular weight is 301 g/mol. The highest BCUT2D eigenvalue weighted by Gasteiger charge is 2.33. The average Bonchev–Trinajstić information content (AvgIpc) is 2.96. The zero-order valence-corrected chi connectivity index (χ0v) is 13.5. The van der Waals surface area contributed by atoms with Crippen molar-refractivity contribution in [2.75, 3.05) is 6.54 Å². The lowest BCUT2D eigenvalue weighted by molar-refractivity contribution is 0.236. The first-order valence-corrected chi connectivity index (χ1v) is 8.16. The molecule has 0 bridgehead atoms. The fourth-order valence-electron chi connectivity index (χ4n) is 3.72. The van der Waals surface area contributed by atoms with E-state index in [-0.39, 0.29) is 0 Å². The van der Waals surface area contributed by atoms with Crippen molar-refractivity contribution in [2.24, 2.45) is 7.05 Å². The van der Waals surface area contributed by atoms with Gasteiger partial charge < -0.3 is 0 Å². The summed E-state index contributed by atoms with van der Waals surface area (Å²) in [5.41, 5.74) is 3.82. The van der Waals surface area contributed by atoms with E-state index in [0.29, 0.717) is 12.1 Å². The van der Waals surface area contributed by atoms with E-state index in [1.165, 1.54) is 36.9 Å². The normalized spacial score (nSPS) is 22.6. The lowest BCUT2D eigenvalue weighted by atomic mass is 10.0. The maximum atomic E-state index is 4.59. The molecule has 0 spiro atoms. The van der Waals surface area contributed by atoms with Crippen molar-refractivity contribution in [1.29, 1.82) is 0 Å². The third kappa shape index (κ3) is 2.24. The van der Waals surface area contributed by atoms with Gasteiger partial charge in [-0.2, -0.15) is 5.10 Å². The van der Waals surface area contributed by atoms with E-state index in [2.05, 4.69) is 39.4 Å². The third-order valence-corrected chi connectivity index (χ3v) is 5.06. The molecule has 2 aromatic rings. The smallest absolute Gasteiger partial charge is 0.165 e. The molecular formula is C15H23N7. The Morgan fingerprint density at radius 3 is 2.68 bits per heavy atom. The Labute approximate surface area is 130 Å². The molecule has 1 atom stereocenters. The highest BCUT2D eigenvalue weighted by molar-refractivity contribution is 5.29. The number of tetrazole rings is 1. The molecule has 118 valence electrons. The van der Waals surface area contributed by atoms with Crippen molar-refractivity contribution in [1.82, 2.24) is 34.9 Å². The first-order chi connectivity index (χ1) is 10.6. The van der Waals surface area contributed by atoms with E-state index >= 15 is 0 Å². The van der Waals surface area contributed by atoms with Crippen LogP contribution in [0.1, 0.15) is 60.5 Å². The van der Waals surface area contributed by atoms with Gasteiger partial charge in [0.2, 0.25) is 0 Å². The van der Waals surface area contributed by atoms with Crippen LogP contribution in [0.4, 0.5) is 0 Å². The summed E-state index contributed by atoms with van der Waals surface area (Å²) in [4.78, 5) is 2.52. The van der Waals surface area contributed by atoms with Crippen LogP contribution in [0, 0.1) is 13.8 Å². The second-order valence-electron chi connectivity index (χ2n) is 6.61. The largest absolute Gasteiger partial charge is 0.289 e. The van der Waals surface area contributed by atoms with Gasteiger partial charge in [-0.05, 0) is 56.5 Å². The summed E-state index contributed by atoms with van der Waals surface area (Å²) in [7, 11) is 2.03. The molecule has 1 saturated carbocycles. The Balaban J connectivity index is 1.59. The summed E-state index contributed by atoms with van der Waals surface area (Å²) in [5, 5.41) is 16.9. The van der Waals surface area contributed by atoms with Crippen LogP contribution < -0.4 is 0 Å². The van der Waals surface area contributed by atoms with Crippen molar-refractivity contribution in [2.45, 2.75) is 58.2 Å². The highest BCUT2D eigenvalue weighted by Crippen LogP contribution is 2.38. The van der Waals surface area contributed by atoms with Gasteiger partial charge >= 0.3 is 0 Å². The number of aryl methyl sites for hydroxylation is 2. The van der Waals surface area contributed by atoms with E-state index in [0.717, 1.165) is 24.6 Å². The third-order valence-electron chi connectivity index (χ3n) is 5.06. The topological polar surface area (TPSA) is 64.7 Å². The lowest BCUT2D eigenvalue weighted by Crippen LogP contribution is -2.25. The summed E-state index contributed by atoms with van der Waals surface area (Å²) < 4.78 is 4.02. The monoisotopic (exact) mass is 301 g/mol. The second kappa shape index (κ2) is 5.15. The van der Waals surface area contributed by atoms with Gasteiger partial charge in [-0.3, -0.25) is 9.58 Å². The van der Waals surface area contributed by atoms with Crippen LogP contribution in [0.2, 0.25) is 0 Å². The predicted octanol–water partition coefficient (Wildman–Crippen LogP) is 1.70. The Hall–Kier alpha value is -1.76. The summed E-state index contributed by atoms with van der Waals surface area (Å²) >= 11 is 0. The van der Waals surface area contributed by atoms with Crippen molar-refractivity contribution >= 4 is 0 Å². The van der Waals surface area contributed by atoms with Crippen LogP contribution in [0.25, 0.3) is 0 Å². The van der Waals surface area contributed by atoms with Crippen LogP contribution in [0.5, 0.6) is 0 Å². The van der Waals surface area contributed by atoms with Crippen molar-refractivity contribution in [3.8, 4) is 0 Å². The number of aromatic nitrogens is 6. The van der Waals surface area contributed by atoms with Gasteiger partial charge in [0.15, 0.2) is 5.82 Å². The summed E-state index contributed by atoms with van der Waals surface area (Å²) in [6.45, 7) is 6.23. The number of nitrogens with zero attached hydrogens (tertiary/aromatic N) is 7. The van der Waals surface area contributed by atoms with Gasteiger partial charge in [-0.1, -0.05) is 0 Å². The fraction of sp³-hybridized carbons (Fsp3) is 0.733. The molecule has 2 fully saturated rings. The van der Waals surface area contributed by atoms with Crippen molar-refractivity contribution < 1.29 is 0 Å². The molecule has 7 nitrogen and oxygen atoms in total. The van der Waals surface area contributed by atoms with Crippen LogP contribution >= 0.6 is 0 Å². The molecule has 0 amide bonds. The molecule has 2 aromatic heterocycles. The Morgan fingerprint density at radius 2 is 2.00 bits per heavy atom. The highest BCUT2D eigenvalue weighted by atomic mass is 15.6. The minimum absolute atomic E-state index is 0.443. The number of hydrogen-bond donors (Lipinski definition) is 0. The molecule has 7 heteroatoms. The molecule has 0 N–H and O–H groups in total. The van der Waals surface area contributed by atoms with Gasteiger partial charge in [0.1, 0.15) is 0 Å². The van der Waals surface area contributed by atoms with Gasteiger partial charge in [0, 0.05) is 24.3 Å². The maximum Gasteiger partial charge on any atom is 0.165 e. The van der Waals surface area contributed by atoms with E-state index in [1.807, 2.05) is 16.4 Å². The standard InChI is InChI=1S/C15H23N7/c1-10-15(11(2)20(3)17-10)13-5-4-8-21(13)9-14-16-18-19-22(14)12-6-7-12/h12-13H,4-9H2,1-3H3/t13-/m1/s1. The zero-order valence-electron chi connectivity index (χ0n) is 13.5. The molecule has 22 heavy (non-hydrogen) atoms. The quantitative estimate of drug-likeness (QED) is 0.860. The minimum atomic E-state index is 0.443. The van der Waals surface area contributed by atoms with E-state index in [1.54, 1.807) is 0 Å². The SMILES string of the molecule is Cc1nn(C)c(C)c1[C@H]1CCCN1Cc1nnnn1C1CC1.